The fourth-order valence-electron chi connectivity index (χ4n) is 0.722. The molecule has 0 amide bonds. The van der Waals surface area contributed by atoms with Gasteiger partial charge >= 0.3 is 0 Å². The van der Waals surface area contributed by atoms with Crippen LogP contribution in [0.4, 0.5) is 5.95 Å². The number of hydrogen-bond donors (Lipinski definition) is 3. The summed E-state index contributed by atoms with van der Waals surface area (Å²) in [5.41, 5.74) is 5.37. The summed E-state index contributed by atoms with van der Waals surface area (Å²) < 4.78 is 0. The molecule has 0 spiro atoms. The Balaban J connectivity index is 2.58. The number of nitrogen functional groups attached to an aromatic ring is 1. The number of anilines is 1. The quantitative estimate of drug-likeness (QED) is 0.509. The van der Waals surface area contributed by atoms with Gasteiger partial charge in [-0.3, -0.25) is 0 Å². The lowest BCUT2D eigenvalue weighted by Crippen LogP contribution is -2.14. The molecular weight excluding hydrogens is 226 g/mol. The third-order valence-electron chi connectivity index (χ3n) is 1.32. The second-order valence-electron chi connectivity index (χ2n) is 2.53. The van der Waals surface area contributed by atoms with Crippen LogP contribution in [0.15, 0.2) is 11.1 Å². The van der Waals surface area contributed by atoms with E-state index in [4.69, 9.17) is 27.5 Å². The summed E-state index contributed by atoms with van der Waals surface area (Å²) in [6.07, 6.45) is -0.769. The van der Waals surface area contributed by atoms with E-state index in [1.165, 1.54) is 11.8 Å². The number of nitrogens with zero attached hydrogens (tertiary/aromatic N) is 2. The SMILES string of the molecule is Nc1nc(Cl)cc(SCC(O)CO)n1. The van der Waals surface area contributed by atoms with Gasteiger partial charge in [0, 0.05) is 11.8 Å². The van der Waals surface area contributed by atoms with Gasteiger partial charge in [-0.15, -0.1) is 11.8 Å². The second-order valence-corrected chi connectivity index (χ2v) is 3.96. The molecule has 1 aromatic rings. The zero-order valence-electron chi connectivity index (χ0n) is 7.22. The number of aliphatic hydroxyl groups is 2. The number of aliphatic hydroxyl groups excluding tert-OH is 2. The largest absolute Gasteiger partial charge is 0.394 e. The molecule has 0 radical (unpaired) electrons. The highest BCUT2D eigenvalue weighted by atomic mass is 35.5. The Hall–Kier alpha value is -0.560. The molecule has 4 N–H and O–H groups in total. The smallest absolute Gasteiger partial charge is 0.222 e. The topological polar surface area (TPSA) is 92.3 Å². The summed E-state index contributed by atoms with van der Waals surface area (Å²) >= 11 is 6.90. The van der Waals surface area contributed by atoms with E-state index in [9.17, 15) is 0 Å². The van der Waals surface area contributed by atoms with Crippen LogP contribution < -0.4 is 5.73 Å². The predicted octanol–water partition coefficient (Wildman–Crippen LogP) is 0.157. The van der Waals surface area contributed by atoms with Crippen LogP contribution in [0.2, 0.25) is 5.15 Å². The van der Waals surface area contributed by atoms with E-state index >= 15 is 0 Å². The van der Waals surface area contributed by atoms with Crippen molar-refractivity contribution in [2.75, 3.05) is 18.1 Å². The molecule has 1 heterocycles. The van der Waals surface area contributed by atoms with E-state index in [2.05, 4.69) is 9.97 Å². The minimum Gasteiger partial charge on any atom is -0.394 e. The Bertz CT molecular complexity index is 293. The first-order valence-corrected chi connectivity index (χ1v) is 5.20. The van der Waals surface area contributed by atoms with Gasteiger partial charge in [-0.1, -0.05) is 11.6 Å². The van der Waals surface area contributed by atoms with E-state index in [0.717, 1.165) is 0 Å². The van der Waals surface area contributed by atoms with E-state index in [0.29, 0.717) is 10.8 Å². The summed E-state index contributed by atoms with van der Waals surface area (Å²) in [4.78, 5) is 7.58. The molecule has 1 unspecified atom stereocenters. The van der Waals surface area contributed by atoms with E-state index < -0.39 is 6.10 Å². The van der Waals surface area contributed by atoms with E-state index in [1.807, 2.05) is 0 Å². The lowest BCUT2D eigenvalue weighted by Gasteiger charge is -2.06. The Kier molecular flexibility index (Phi) is 4.40. The standard InChI is InChI=1S/C7H10ClN3O2S/c8-5-1-6(11-7(9)10-5)14-3-4(13)2-12/h1,4,12-13H,2-3H2,(H2,9,10,11). The normalized spacial score (nSPS) is 12.8. The molecule has 1 atom stereocenters. The predicted molar refractivity (Wildman–Crippen MR) is 55.3 cm³/mol. The molecule has 0 aromatic carbocycles. The molecule has 78 valence electrons. The highest BCUT2D eigenvalue weighted by molar-refractivity contribution is 7.99. The first-order chi connectivity index (χ1) is 6.61. The molecule has 0 fully saturated rings. The van der Waals surface area contributed by atoms with Crippen molar-refractivity contribution < 1.29 is 10.2 Å². The highest BCUT2D eigenvalue weighted by Gasteiger charge is 2.05. The van der Waals surface area contributed by atoms with Gasteiger partial charge in [0.1, 0.15) is 10.2 Å². The maximum absolute atomic E-state index is 9.08. The van der Waals surface area contributed by atoms with Gasteiger partial charge in [0.2, 0.25) is 5.95 Å². The van der Waals surface area contributed by atoms with Crippen molar-refractivity contribution in [1.82, 2.24) is 9.97 Å². The molecule has 0 saturated heterocycles. The number of thioether (sulfide) groups is 1. The van der Waals surface area contributed by atoms with Crippen LogP contribution in [0.5, 0.6) is 0 Å². The minimum atomic E-state index is -0.769. The van der Waals surface area contributed by atoms with Crippen molar-refractivity contribution in [3.05, 3.63) is 11.2 Å². The van der Waals surface area contributed by atoms with Gasteiger partial charge in [0.05, 0.1) is 12.7 Å². The molecular formula is C7H10ClN3O2S. The van der Waals surface area contributed by atoms with Gasteiger partial charge in [0.25, 0.3) is 0 Å². The number of rotatable bonds is 4. The van der Waals surface area contributed by atoms with Crippen LogP contribution in [-0.2, 0) is 0 Å². The van der Waals surface area contributed by atoms with Crippen LogP contribution in [0, 0.1) is 0 Å². The van der Waals surface area contributed by atoms with Gasteiger partial charge in [-0.05, 0) is 0 Å². The number of aromatic nitrogens is 2. The summed E-state index contributed by atoms with van der Waals surface area (Å²) in [5.74, 6) is 0.432. The summed E-state index contributed by atoms with van der Waals surface area (Å²) in [6, 6.07) is 1.55. The average molecular weight is 236 g/mol. The molecule has 0 aliphatic rings. The molecule has 0 aliphatic carbocycles. The highest BCUT2D eigenvalue weighted by Crippen LogP contribution is 2.19. The number of halogens is 1. The van der Waals surface area contributed by atoms with Crippen LogP contribution in [0.25, 0.3) is 0 Å². The van der Waals surface area contributed by atoms with Crippen molar-refractivity contribution >= 4 is 29.3 Å². The maximum Gasteiger partial charge on any atom is 0.222 e. The lowest BCUT2D eigenvalue weighted by atomic mass is 10.4. The molecule has 5 nitrogen and oxygen atoms in total. The summed E-state index contributed by atoms with van der Waals surface area (Å²) in [5, 5.41) is 18.5. The monoisotopic (exact) mass is 235 g/mol. The molecule has 0 aliphatic heterocycles. The van der Waals surface area contributed by atoms with E-state index in [1.54, 1.807) is 6.07 Å². The molecule has 14 heavy (non-hydrogen) atoms. The zero-order chi connectivity index (χ0) is 10.6. The van der Waals surface area contributed by atoms with Crippen molar-refractivity contribution in [2.24, 2.45) is 0 Å². The number of hydrogen-bond acceptors (Lipinski definition) is 6. The molecule has 0 bridgehead atoms. The fraction of sp³-hybridized carbons (Fsp3) is 0.429. The van der Waals surface area contributed by atoms with Crippen molar-refractivity contribution in [2.45, 2.75) is 11.1 Å². The van der Waals surface area contributed by atoms with Crippen molar-refractivity contribution in [3.63, 3.8) is 0 Å². The lowest BCUT2D eigenvalue weighted by molar-refractivity contribution is 0.113. The van der Waals surface area contributed by atoms with Crippen LogP contribution in [0.1, 0.15) is 0 Å². The van der Waals surface area contributed by atoms with E-state index in [-0.39, 0.29) is 17.7 Å². The van der Waals surface area contributed by atoms with Gasteiger partial charge < -0.3 is 15.9 Å². The Morgan fingerprint density at radius 1 is 1.57 bits per heavy atom. The Labute approximate surface area is 90.3 Å². The Morgan fingerprint density at radius 3 is 2.86 bits per heavy atom. The maximum atomic E-state index is 9.08. The zero-order valence-corrected chi connectivity index (χ0v) is 8.79. The van der Waals surface area contributed by atoms with Crippen LogP contribution in [0.3, 0.4) is 0 Å². The molecule has 1 rings (SSSR count). The van der Waals surface area contributed by atoms with Gasteiger partial charge in [-0.25, -0.2) is 9.97 Å². The number of nitrogens with two attached hydrogens (primary N) is 1. The average Bonchev–Trinajstić information content (AvgIpc) is 2.12. The van der Waals surface area contributed by atoms with Crippen molar-refractivity contribution in [1.29, 1.82) is 0 Å². The summed E-state index contributed by atoms with van der Waals surface area (Å²) in [6.45, 7) is -0.276. The first-order valence-electron chi connectivity index (χ1n) is 3.83. The first kappa shape index (κ1) is 11.5. The van der Waals surface area contributed by atoms with Crippen LogP contribution >= 0.6 is 23.4 Å². The van der Waals surface area contributed by atoms with Crippen molar-refractivity contribution in [3.8, 4) is 0 Å². The second kappa shape index (κ2) is 5.35. The molecule has 0 saturated carbocycles. The van der Waals surface area contributed by atoms with Gasteiger partial charge in [-0.2, -0.15) is 0 Å². The third kappa shape index (κ3) is 3.67. The van der Waals surface area contributed by atoms with Crippen LogP contribution in [-0.4, -0.2) is 38.6 Å². The third-order valence-corrected chi connectivity index (χ3v) is 2.57. The molecule has 1 aromatic heterocycles. The minimum absolute atomic E-state index is 0.0958. The molecule has 7 heteroatoms. The fourth-order valence-corrected chi connectivity index (χ4v) is 1.80. The summed E-state index contributed by atoms with van der Waals surface area (Å²) in [7, 11) is 0. The Morgan fingerprint density at radius 2 is 2.29 bits per heavy atom. The van der Waals surface area contributed by atoms with Gasteiger partial charge in [0.15, 0.2) is 0 Å².